The number of hydrogen-bond donors (Lipinski definition) is 1. The molecule has 1 aromatic carbocycles. The molecule has 2 aromatic rings. The molecule has 1 aliphatic carbocycles. The predicted octanol–water partition coefficient (Wildman–Crippen LogP) is 3.56. The number of ether oxygens (including phenoxy) is 1. The Bertz CT molecular complexity index is 590. The van der Waals surface area contributed by atoms with E-state index in [-0.39, 0.29) is 18.2 Å². The van der Waals surface area contributed by atoms with Gasteiger partial charge in [0.05, 0.1) is 6.54 Å². The molecule has 0 radical (unpaired) electrons. The van der Waals surface area contributed by atoms with Crippen LogP contribution in [-0.2, 0) is 13.2 Å². The largest absolute Gasteiger partial charge is 0.483 e. The Morgan fingerprint density at radius 3 is 2.90 bits per heavy atom. The van der Waals surface area contributed by atoms with Crippen LogP contribution in [0.25, 0.3) is 0 Å². The van der Waals surface area contributed by atoms with Crippen molar-refractivity contribution in [1.82, 2.24) is 5.32 Å². The third-order valence-corrected chi connectivity index (χ3v) is 3.41. The van der Waals surface area contributed by atoms with E-state index in [1.54, 1.807) is 18.2 Å². The van der Waals surface area contributed by atoms with Gasteiger partial charge in [-0.05, 0) is 43.5 Å². The summed E-state index contributed by atoms with van der Waals surface area (Å²) in [6, 6.07) is 8.98. The van der Waals surface area contributed by atoms with Crippen molar-refractivity contribution < 1.29 is 13.5 Å². The van der Waals surface area contributed by atoms with Gasteiger partial charge in [0.25, 0.3) is 0 Å². The minimum absolute atomic E-state index is 0.241. The van der Waals surface area contributed by atoms with Gasteiger partial charge in [0.2, 0.25) is 0 Å². The van der Waals surface area contributed by atoms with E-state index in [0.717, 1.165) is 23.6 Å². The summed E-state index contributed by atoms with van der Waals surface area (Å²) in [6.45, 7) is 3.00. The monoisotopic (exact) mass is 275 g/mol. The summed E-state index contributed by atoms with van der Waals surface area (Å²) in [7, 11) is 0. The summed E-state index contributed by atoms with van der Waals surface area (Å²) in [4.78, 5) is 0. The minimum atomic E-state index is -0.355. The van der Waals surface area contributed by atoms with Crippen molar-refractivity contribution in [2.45, 2.75) is 39.0 Å². The fourth-order valence-electron chi connectivity index (χ4n) is 2.07. The first-order chi connectivity index (χ1) is 9.72. The van der Waals surface area contributed by atoms with Gasteiger partial charge in [0.1, 0.15) is 18.1 Å². The van der Waals surface area contributed by atoms with Crippen LogP contribution in [0.15, 0.2) is 34.7 Å². The molecule has 1 heterocycles. The third kappa shape index (κ3) is 3.20. The molecule has 0 spiro atoms. The van der Waals surface area contributed by atoms with Crippen LogP contribution in [0.2, 0.25) is 0 Å². The van der Waals surface area contributed by atoms with E-state index in [2.05, 4.69) is 5.32 Å². The van der Waals surface area contributed by atoms with Gasteiger partial charge in [0, 0.05) is 6.04 Å². The van der Waals surface area contributed by atoms with Crippen molar-refractivity contribution >= 4 is 0 Å². The summed E-state index contributed by atoms with van der Waals surface area (Å²) < 4.78 is 24.6. The van der Waals surface area contributed by atoms with Gasteiger partial charge in [-0.15, -0.1) is 0 Å². The Kier molecular flexibility index (Phi) is 3.74. The molecule has 4 heteroatoms. The zero-order valence-corrected chi connectivity index (χ0v) is 11.5. The highest BCUT2D eigenvalue weighted by Gasteiger charge is 2.21. The molecule has 1 aliphatic rings. The molecule has 3 nitrogen and oxygen atoms in total. The first-order valence-electron chi connectivity index (χ1n) is 6.91. The van der Waals surface area contributed by atoms with Crippen molar-refractivity contribution in [1.29, 1.82) is 0 Å². The fraction of sp³-hybridized carbons (Fsp3) is 0.375. The fourth-order valence-corrected chi connectivity index (χ4v) is 2.07. The van der Waals surface area contributed by atoms with Crippen LogP contribution < -0.4 is 10.1 Å². The molecule has 20 heavy (non-hydrogen) atoms. The molecule has 0 aliphatic heterocycles. The van der Waals surface area contributed by atoms with Crippen LogP contribution in [0.5, 0.6) is 5.75 Å². The summed E-state index contributed by atoms with van der Waals surface area (Å²) in [5.74, 6) is 1.55. The number of rotatable bonds is 6. The lowest BCUT2D eigenvalue weighted by Crippen LogP contribution is -2.15. The standard InChI is InChI=1S/C16H18FNO2/c1-11-8-13(20-16(11)9-18-12-6-7-12)10-19-15-5-3-2-4-14(15)17/h2-5,8,12,18H,6-7,9-10H2,1H3. The number of hydrogen-bond acceptors (Lipinski definition) is 3. The van der Waals surface area contributed by atoms with E-state index in [1.165, 1.54) is 18.9 Å². The molecule has 0 unspecified atom stereocenters. The van der Waals surface area contributed by atoms with Gasteiger partial charge in [-0.2, -0.15) is 0 Å². The van der Waals surface area contributed by atoms with Gasteiger partial charge >= 0.3 is 0 Å². The first-order valence-corrected chi connectivity index (χ1v) is 6.91. The van der Waals surface area contributed by atoms with Crippen molar-refractivity contribution in [3.8, 4) is 5.75 Å². The van der Waals surface area contributed by atoms with Crippen LogP contribution in [-0.4, -0.2) is 6.04 Å². The summed E-state index contributed by atoms with van der Waals surface area (Å²) in [5.41, 5.74) is 1.10. The molecule has 0 bridgehead atoms. The summed E-state index contributed by atoms with van der Waals surface area (Å²) >= 11 is 0. The van der Waals surface area contributed by atoms with Crippen LogP contribution in [0, 0.1) is 12.7 Å². The Hall–Kier alpha value is -1.81. The first kappa shape index (κ1) is 13.2. The third-order valence-electron chi connectivity index (χ3n) is 3.41. The van der Waals surface area contributed by atoms with Crippen LogP contribution in [0.1, 0.15) is 29.9 Å². The maximum Gasteiger partial charge on any atom is 0.165 e. The molecule has 1 N–H and O–H groups in total. The molecule has 1 fully saturated rings. The highest BCUT2D eigenvalue weighted by Crippen LogP contribution is 2.22. The Labute approximate surface area is 117 Å². The molecule has 106 valence electrons. The number of halogens is 1. The van der Waals surface area contributed by atoms with E-state index < -0.39 is 0 Å². The SMILES string of the molecule is Cc1cc(COc2ccccc2F)oc1CNC1CC1. The van der Waals surface area contributed by atoms with Crippen molar-refractivity contribution in [2.24, 2.45) is 0 Å². The molecular weight excluding hydrogens is 257 g/mol. The zero-order chi connectivity index (χ0) is 13.9. The van der Waals surface area contributed by atoms with Gasteiger partial charge in [-0.3, -0.25) is 0 Å². The van der Waals surface area contributed by atoms with Gasteiger partial charge in [0.15, 0.2) is 11.6 Å². The maximum atomic E-state index is 13.4. The number of furan rings is 1. The lowest BCUT2D eigenvalue weighted by Gasteiger charge is -2.05. The van der Waals surface area contributed by atoms with E-state index in [9.17, 15) is 4.39 Å². The average molecular weight is 275 g/mol. The van der Waals surface area contributed by atoms with Gasteiger partial charge in [-0.25, -0.2) is 4.39 Å². The maximum absolute atomic E-state index is 13.4. The molecule has 1 aromatic heterocycles. The Morgan fingerprint density at radius 2 is 2.15 bits per heavy atom. The average Bonchev–Trinajstić information content (AvgIpc) is 3.20. The number of aryl methyl sites for hydroxylation is 1. The quantitative estimate of drug-likeness (QED) is 0.875. The highest BCUT2D eigenvalue weighted by atomic mass is 19.1. The van der Waals surface area contributed by atoms with Crippen molar-refractivity contribution in [3.05, 3.63) is 53.2 Å². The second-order valence-electron chi connectivity index (χ2n) is 5.19. The van der Waals surface area contributed by atoms with E-state index >= 15 is 0 Å². The molecule has 0 saturated heterocycles. The normalized spacial score (nSPS) is 14.5. The van der Waals surface area contributed by atoms with Crippen LogP contribution in [0.4, 0.5) is 4.39 Å². The molecular formula is C16H18FNO2. The second kappa shape index (κ2) is 5.67. The molecule has 3 rings (SSSR count). The lowest BCUT2D eigenvalue weighted by atomic mass is 10.2. The highest BCUT2D eigenvalue weighted by molar-refractivity contribution is 5.24. The summed E-state index contributed by atoms with van der Waals surface area (Å²) in [6.07, 6.45) is 2.51. The van der Waals surface area contributed by atoms with E-state index in [1.807, 2.05) is 13.0 Å². The molecule has 0 atom stereocenters. The van der Waals surface area contributed by atoms with Crippen molar-refractivity contribution in [2.75, 3.05) is 0 Å². The minimum Gasteiger partial charge on any atom is -0.483 e. The van der Waals surface area contributed by atoms with E-state index in [0.29, 0.717) is 6.04 Å². The molecule has 0 amide bonds. The van der Waals surface area contributed by atoms with Crippen LogP contribution in [0.3, 0.4) is 0 Å². The summed E-state index contributed by atoms with van der Waals surface area (Å²) in [5, 5.41) is 3.42. The number of benzene rings is 1. The number of nitrogens with one attached hydrogen (secondary N) is 1. The number of para-hydroxylation sites is 1. The van der Waals surface area contributed by atoms with Crippen molar-refractivity contribution in [3.63, 3.8) is 0 Å². The lowest BCUT2D eigenvalue weighted by molar-refractivity contribution is 0.254. The zero-order valence-electron chi connectivity index (χ0n) is 11.5. The van der Waals surface area contributed by atoms with Crippen LogP contribution >= 0.6 is 0 Å². The predicted molar refractivity (Wildman–Crippen MR) is 74.0 cm³/mol. The van der Waals surface area contributed by atoms with Gasteiger partial charge in [-0.1, -0.05) is 12.1 Å². The van der Waals surface area contributed by atoms with E-state index in [4.69, 9.17) is 9.15 Å². The molecule has 1 saturated carbocycles. The van der Waals surface area contributed by atoms with Gasteiger partial charge < -0.3 is 14.5 Å². The smallest absolute Gasteiger partial charge is 0.165 e. The Morgan fingerprint density at radius 1 is 1.35 bits per heavy atom. The second-order valence-corrected chi connectivity index (χ2v) is 5.19. The Balaban J connectivity index is 1.59. The topological polar surface area (TPSA) is 34.4 Å².